The van der Waals surface area contributed by atoms with E-state index < -0.39 is 0 Å². The van der Waals surface area contributed by atoms with E-state index in [0.29, 0.717) is 47.4 Å². The Labute approximate surface area is 183 Å². The van der Waals surface area contributed by atoms with Crippen LogP contribution >= 0.6 is 0 Å². The molecule has 2 aromatic carbocycles. The van der Waals surface area contributed by atoms with Gasteiger partial charge in [0.2, 0.25) is 0 Å². The minimum Gasteiger partial charge on any atom is -0.508 e. The molecule has 7 heteroatoms. The molecule has 0 bridgehead atoms. The van der Waals surface area contributed by atoms with Crippen molar-refractivity contribution in [3.63, 3.8) is 0 Å². The first-order valence-corrected chi connectivity index (χ1v) is 10.3. The van der Waals surface area contributed by atoms with Gasteiger partial charge in [0.15, 0.2) is 0 Å². The zero-order valence-corrected chi connectivity index (χ0v) is 17.4. The van der Waals surface area contributed by atoms with Gasteiger partial charge in [0.1, 0.15) is 11.6 Å². The number of hydrogen-bond donors (Lipinski definition) is 1. The largest absolute Gasteiger partial charge is 0.508 e. The van der Waals surface area contributed by atoms with Crippen molar-refractivity contribution in [2.75, 3.05) is 13.1 Å². The van der Waals surface area contributed by atoms with Gasteiger partial charge < -0.3 is 14.5 Å². The summed E-state index contributed by atoms with van der Waals surface area (Å²) in [5, 5.41) is 14.1. The third kappa shape index (κ3) is 3.62. The zero-order chi connectivity index (χ0) is 22.2. The van der Waals surface area contributed by atoms with Gasteiger partial charge in [0.25, 0.3) is 11.6 Å². The molecule has 1 aliphatic rings. The van der Waals surface area contributed by atoms with E-state index in [1.165, 1.54) is 12.1 Å². The Balaban J connectivity index is 1.48. The van der Waals surface area contributed by atoms with Gasteiger partial charge >= 0.3 is 0 Å². The van der Waals surface area contributed by atoms with Crippen LogP contribution in [0.25, 0.3) is 27.9 Å². The minimum absolute atomic E-state index is 0.131. The highest BCUT2D eigenvalue weighted by Crippen LogP contribution is 2.30. The Morgan fingerprint density at radius 1 is 1.09 bits per heavy atom. The van der Waals surface area contributed by atoms with Crippen LogP contribution in [0.3, 0.4) is 0 Å². The number of phenolic OH excluding ortho intramolecular Hbond substituents is 1. The van der Waals surface area contributed by atoms with Crippen LogP contribution in [0.5, 0.6) is 5.75 Å². The number of fused-ring (bicyclic) bond motifs is 1. The maximum atomic E-state index is 13.5. The molecule has 1 N–H and O–H groups in total. The molecule has 0 fully saturated rings. The Hall–Kier alpha value is -4.00. The highest BCUT2D eigenvalue weighted by atomic mass is 19.1. The number of nitrogens with zero attached hydrogens (tertiary/aromatic N) is 3. The molecule has 0 aliphatic carbocycles. The topological polar surface area (TPSA) is 79.5 Å². The molecule has 1 amide bonds. The number of carbonyl (C=O) groups excluding carboxylic acids is 1. The number of rotatable bonds is 3. The van der Waals surface area contributed by atoms with Crippen molar-refractivity contribution in [2.24, 2.45) is 0 Å². The van der Waals surface area contributed by atoms with E-state index in [1.807, 2.05) is 18.2 Å². The number of phenols is 1. The van der Waals surface area contributed by atoms with Gasteiger partial charge in [-0.25, -0.2) is 9.37 Å². The molecule has 0 atom stereocenters. The second kappa shape index (κ2) is 7.92. The summed E-state index contributed by atoms with van der Waals surface area (Å²) in [6, 6.07) is 14.7. The van der Waals surface area contributed by atoms with Crippen molar-refractivity contribution < 1.29 is 18.8 Å². The molecular weight excluding hydrogens is 409 g/mol. The van der Waals surface area contributed by atoms with E-state index in [-0.39, 0.29) is 23.2 Å². The molecule has 5 rings (SSSR count). The van der Waals surface area contributed by atoms with Crippen molar-refractivity contribution in [3.8, 4) is 17.0 Å². The Morgan fingerprint density at radius 2 is 1.81 bits per heavy atom. The zero-order valence-electron chi connectivity index (χ0n) is 17.4. The fourth-order valence-corrected chi connectivity index (χ4v) is 3.99. The summed E-state index contributed by atoms with van der Waals surface area (Å²) in [7, 11) is 0. The molecule has 160 valence electrons. The second-order valence-electron chi connectivity index (χ2n) is 7.79. The summed E-state index contributed by atoms with van der Waals surface area (Å²) in [6.07, 6.45) is 2.74. The number of halogens is 1. The van der Waals surface area contributed by atoms with Crippen LogP contribution in [0.2, 0.25) is 0 Å². The number of pyridine rings is 1. The Kier molecular flexibility index (Phi) is 4.93. The number of aryl methyl sites for hydroxylation is 1. The lowest BCUT2D eigenvalue weighted by molar-refractivity contribution is 0.0774. The van der Waals surface area contributed by atoms with Crippen LogP contribution in [0, 0.1) is 12.7 Å². The molecule has 0 saturated heterocycles. The van der Waals surface area contributed by atoms with E-state index in [0.717, 1.165) is 11.1 Å². The fourth-order valence-electron chi connectivity index (χ4n) is 3.99. The molecule has 6 nitrogen and oxygen atoms in total. The Morgan fingerprint density at radius 3 is 2.50 bits per heavy atom. The first kappa shape index (κ1) is 19.9. The van der Waals surface area contributed by atoms with Crippen LogP contribution in [0.15, 0.2) is 65.2 Å². The lowest BCUT2D eigenvalue weighted by atomic mass is 9.98. The lowest BCUT2D eigenvalue weighted by Crippen LogP contribution is -2.34. The first-order chi connectivity index (χ1) is 15.5. The fraction of sp³-hybridized carbons (Fsp3) is 0.160. The molecule has 3 heterocycles. The molecular formula is C25H20FN3O3. The summed E-state index contributed by atoms with van der Waals surface area (Å²) >= 11 is 0. The summed E-state index contributed by atoms with van der Waals surface area (Å²) in [4.78, 5) is 19.8. The predicted molar refractivity (Wildman–Crippen MR) is 119 cm³/mol. The number of aromatic hydroxyl groups is 1. The summed E-state index contributed by atoms with van der Waals surface area (Å²) in [5.41, 5.74) is 4.73. The number of amides is 1. The monoisotopic (exact) mass is 429 g/mol. The van der Waals surface area contributed by atoms with E-state index in [2.05, 4.69) is 10.1 Å². The van der Waals surface area contributed by atoms with Crippen molar-refractivity contribution in [1.82, 2.24) is 15.0 Å². The second-order valence-corrected chi connectivity index (χ2v) is 7.79. The molecule has 0 radical (unpaired) electrons. The number of carbonyl (C=O) groups is 1. The molecule has 0 saturated carbocycles. The van der Waals surface area contributed by atoms with Gasteiger partial charge in [-0.15, -0.1) is 0 Å². The summed E-state index contributed by atoms with van der Waals surface area (Å²) < 4.78 is 18.7. The van der Waals surface area contributed by atoms with Crippen LogP contribution < -0.4 is 0 Å². The quantitative estimate of drug-likeness (QED) is 0.497. The average Bonchev–Trinajstić information content (AvgIpc) is 3.20. The normalized spacial score (nSPS) is 13.9. The summed E-state index contributed by atoms with van der Waals surface area (Å²) in [5.74, 6) is -0.246. The van der Waals surface area contributed by atoms with Gasteiger partial charge in [-0.2, -0.15) is 0 Å². The number of aromatic nitrogens is 2. The van der Waals surface area contributed by atoms with Gasteiger partial charge in [-0.3, -0.25) is 4.79 Å². The third-order valence-corrected chi connectivity index (χ3v) is 5.72. The molecule has 0 unspecified atom stereocenters. The highest BCUT2D eigenvalue weighted by molar-refractivity contribution is 6.07. The van der Waals surface area contributed by atoms with Crippen LogP contribution in [0.4, 0.5) is 4.39 Å². The number of hydrogen-bond acceptors (Lipinski definition) is 5. The SMILES string of the molecule is Cc1noc2nc(-c3ccc(F)cc3)cc(C(=O)N3CC=C(c4ccc(O)cc4)CC3)c12. The first-order valence-electron chi connectivity index (χ1n) is 10.3. The summed E-state index contributed by atoms with van der Waals surface area (Å²) in [6.45, 7) is 2.81. The van der Waals surface area contributed by atoms with Crippen LogP contribution in [-0.4, -0.2) is 39.1 Å². The molecule has 2 aromatic heterocycles. The van der Waals surface area contributed by atoms with E-state index >= 15 is 0 Å². The minimum atomic E-state index is -0.342. The average molecular weight is 429 g/mol. The maximum Gasteiger partial charge on any atom is 0.259 e. The molecule has 1 aliphatic heterocycles. The molecule has 32 heavy (non-hydrogen) atoms. The predicted octanol–water partition coefficient (Wildman–Crippen LogP) is 4.97. The Bertz CT molecular complexity index is 1340. The smallest absolute Gasteiger partial charge is 0.259 e. The third-order valence-electron chi connectivity index (χ3n) is 5.72. The highest BCUT2D eigenvalue weighted by Gasteiger charge is 2.25. The van der Waals surface area contributed by atoms with Gasteiger partial charge in [0.05, 0.1) is 22.3 Å². The number of benzene rings is 2. The lowest BCUT2D eigenvalue weighted by Gasteiger charge is -2.27. The standard InChI is InChI=1S/C25H20FN3O3/c1-15-23-21(14-22(27-24(23)32-28-15)18-2-6-19(26)7-3-18)25(31)29-12-10-17(11-13-29)16-4-8-20(30)9-5-16/h2-10,14,30H,11-13H2,1H3. The van der Waals surface area contributed by atoms with Crippen LogP contribution in [0.1, 0.15) is 28.0 Å². The van der Waals surface area contributed by atoms with E-state index in [1.54, 1.807) is 42.2 Å². The van der Waals surface area contributed by atoms with Crippen molar-refractivity contribution in [2.45, 2.75) is 13.3 Å². The maximum absolute atomic E-state index is 13.5. The molecule has 4 aromatic rings. The van der Waals surface area contributed by atoms with E-state index in [4.69, 9.17) is 4.52 Å². The van der Waals surface area contributed by atoms with Crippen molar-refractivity contribution in [1.29, 1.82) is 0 Å². The van der Waals surface area contributed by atoms with Gasteiger partial charge in [-0.1, -0.05) is 23.4 Å². The van der Waals surface area contributed by atoms with Gasteiger partial charge in [0, 0.05) is 18.7 Å². The van der Waals surface area contributed by atoms with E-state index in [9.17, 15) is 14.3 Å². The van der Waals surface area contributed by atoms with Crippen molar-refractivity contribution >= 4 is 22.6 Å². The molecule has 0 spiro atoms. The van der Waals surface area contributed by atoms with Gasteiger partial charge in [-0.05, 0) is 66.9 Å². The van der Waals surface area contributed by atoms with Crippen molar-refractivity contribution in [3.05, 3.63) is 83.3 Å². The van der Waals surface area contributed by atoms with Crippen LogP contribution in [-0.2, 0) is 0 Å².